The summed E-state index contributed by atoms with van der Waals surface area (Å²) >= 11 is 0. The number of fused-ring (bicyclic) bond motifs is 1. The molecule has 0 fully saturated rings. The maximum atomic E-state index is 12.7. The predicted molar refractivity (Wildman–Crippen MR) is 83.2 cm³/mol. The van der Waals surface area contributed by atoms with Crippen LogP contribution in [0.4, 0.5) is 0 Å². The van der Waals surface area contributed by atoms with Crippen molar-refractivity contribution in [3.05, 3.63) is 59.9 Å². The number of rotatable bonds is 3. The van der Waals surface area contributed by atoms with Crippen LogP contribution in [0.1, 0.15) is 28.0 Å². The van der Waals surface area contributed by atoms with Crippen LogP contribution in [0.3, 0.4) is 0 Å². The van der Waals surface area contributed by atoms with Gasteiger partial charge in [0.25, 0.3) is 5.91 Å². The molecule has 0 saturated heterocycles. The van der Waals surface area contributed by atoms with E-state index >= 15 is 0 Å². The average molecular weight is 308 g/mol. The van der Waals surface area contributed by atoms with Crippen molar-refractivity contribution in [1.29, 1.82) is 0 Å². The highest BCUT2D eigenvalue weighted by Crippen LogP contribution is 2.20. The number of nitrogens with one attached hydrogen (secondary N) is 2. The molecule has 0 unspecified atom stereocenters. The summed E-state index contributed by atoms with van der Waals surface area (Å²) in [6.07, 6.45) is 7.69. The van der Waals surface area contributed by atoms with Gasteiger partial charge in [-0.25, -0.2) is 0 Å². The molecule has 3 aromatic rings. The molecule has 2 heterocycles. The van der Waals surface area contributed by atoms with Gasteiger partial charge < -0.3 is 5.32 Å². The van der Waals surface area contributed by atoms with E-state index in [1.807, 2.05) is 30.5 Å². The molecule has 2 aromatic heterocycles. The zero-order chi connectivity index (χ0) is 15.6. The number of carbonyl (C=O) groups is 1. The lowest BCUT2D eigenvalue weighted by atomic mass is 9.93. The Balaban J connectivity index is 1.54. The summed E-state index contributed by atoms with van der Waals surface area (Å²) in [4.78, 5) is 12.7. The van der Waals surface area contributed by atoms with E-state index in [-0.39, 0.29) is 11.9 Å². The van der Waals surface area contributed by atoms with Gasteiger partial charge in [-0.15, -0.1) is 10.2 Å². The molecular formula is C16H16N6O. The normalized spacial score (nSPS) is 16.8. The predicted octanol–water partition coefficient (Wildman–Crippen LogP) is 1.28. The lowest BCUT2D eigenvalue weighted by Crippen LogP contribution is -2.39. The summed E-state index contributed by atoms with van der Waals surface area (Å²) in [7, 11) is 0. The Morgan fingerprint density at radius 1 is 1.26 bits per heavy atom. The zero-order valence-electron chi connectivity index (χ0n) is 12.4. The van der Waals surface area contributed by atoms with Crippen LogP contribution in [0.5, 0.6) is 0 Å². The van der Waals surface area contributed by atoms with Crippen molar-refractivity contribution < 1.29 is 4.79 Å². The molecule has 0 saturated carbocycles. The van der Waals surface area contributed by atoms with Crippen LogP contribution < -0.4 is 5.32 Å². The Morgan fingerprint density at radius 3 is 2.96 bits per heavy atom. The number of aromatic amines is 1. The van der Waals surface area contributed by atoms with Crippen molar-refractivity contribution in [1.82, 2.24) is 30.3 Å². The van der Waals surface area contributed by atoms with E-state index in [9.17, 15) is 4.79 Å². The summed E-state index contributed by atoms with van der Waals surface area (Å²) in [6, 6.07) is 7.56. The molecule has 0 radical (unpaired) electrons. The number of H-pyrrole nitrogens is 1. The van der Waals surface area contributed by atoms with Crippen LogP contribution in [0.15, 0.2) is 43.1 Å². The second-order valence-electron chi connectivity index (χ2n) is 5.67. The smallest absolute Gasteiger partial charge is 0.253 e. The van der Waals surface area contributed by atoms with Crippen LogP contribution in [0.2, 0.25) is 0 Å². The molecule has 116 valence electrons. The molecule has 7 nitrogen and oxygen atoms in total. The highest BCUT2D eigenvalue weighted by atomic mass is 16.1. The molecule has 1 aromatic carbocycles. The van der Waals surface area contributed by atoms with Crippen molar-refractivity contribution in [2.45, 2.75) is 25.3 Å². The van der Waals surface area contributed by atoms with E-state index in [0.717, 1.165) is 30.6 Å². The first kappa shape index (κ1) is 13.7. The van der Waals surface area contributed by atoms with Gasteiger partial charge in [0.2, 0.25) is 0 Å². The molecule has 4 rings (SSSR count). The molecule has 1 aliphatic rings. The van der Waals surface area contributed by atoms with Crippen LogP contribution in [-0.2, 0) is 12.8 Å². The molecule has 0 bridgehead atoms. The molecule has 1 aliphatic carbocycles. The van der Waals surface area contributed by atoms with E-state index in [4.69, 9.17) is 0 Å². The van der Waals surface area contributed by atoms with Gasteiger partial charge in [0.15, 0.2) is 0 Å². The Kier molecular flexibility index (Phi) is 3.38. The fourth-order valence-corrected chi connectivity index (χ4v) is 3.01. The minimum absolute atomic E-state index is 0.0812. The lowest BCUT2D eigenvalue weighted by molar-refractivity contribution is 0.0933. The monoisotopic (exact) mass is 308 g/mol. The second kappa shape index (κ2) is 5.68. The van der Waals surface area contributed by atoms with Crippen LogP contribution >= 0.6 is 0 Å². The zero-order valence-corrected chi connectivity index (χ0v) is 12.4. The highest BCUT2D eigenvalue weighted by molar-refractivity contribution is 5.98. The maximum absolute atomic E-state index is 12.7. The molecule has 7 heteroatoms. The number of nitrogens with zero attached hydrogens (tertiary/aromatic N) is 4. The van der Waals surface area contributed by atoms with Gasteiger partial charge in [-0.1, -0.05) is 12.1 Å². The van der Waals surface area contributed by atoms with E-state index in [1.165, 1.54) is 5.56 Å². The number of aryl methyl sites for hydroxylation is 1. The third kappa shape index (κ3) is 2.61. The summed E-state index contributed by atoms with van der Waals surface area (Å²) in [6.45, 7) is 0. The van der Waals surface area contributed by atoms with Crippen molar-refractivity contribution in [3.63, 3.8) is 0 Å². The third-order valence-corrected chi connectivity index (χ3v) is 4.20. The van der Waals surface area contributed by atoms with Crippen molar-refractivity contribution in [2.75, 3.05) is 0 Å². The largest absolute Gasteiger partial charge is 0.349 e. The van der Waals surface area contributed by atoms with Crippen molar-refractivity contribution in [2.24, 2.45) is 0 Å². The molecule has 0 spiro atoms. The molecule has 0 aliphatic heterocycles. The van der Waals surface area contributed by atoms with E-state index in [2.05, 4.69) is 25.7 Å². The van der Waals surface area contributed by atoms with Gasteiger partial charge in [0, 0.05) is 18.2 Å². The van der Waals surface area contributed by atoms with E-state index < -0.39 is 0 Å². The Labute approximate surface area is 132 Å². The SMILES string of the molecule is O=C(N[C@H]1CCc2cn[nH]c2C1)c1ccccc1-n1cnnc1. The fraction of sp³-hybridized carbons (Fsp3) is 0.250. The summed E-state index contributed by atoms with van der Waals surface area (Å²) in [5.41, 5.74) is 3.75. The van der Waals surface area contributed by atoms with Gasteiger partial charge >= 0.3 is 0 Å². The Hall–Kier alpha value is -2.96. The van der Waals surface area contributed by atoms with Gasteiger partial charge in [-0.2, -0.15) is 5.10 Å². The van der Waals surface area contributed by atoms with Crippen LogP contribution in [0, 0.1) is 0 Å². The summed E-state index contributed by atoms with van der Waals surface area (Å²) in [5.74, 6) is -0.0812. The number of aromatic nitrogens is 5. The third-order valence-electron chi connectivity index (χ3n) is 4.20. The molecule has 2 N–H and O–H groups in total. The minimum atomic E-state index is -0.0812. The molecule has 1 atom stereocenters. The van der Waals surface area contributed by atoms with Gasteiger partial charge in [0.05, 0.1) is 17.4 Å². The number of hydrogen-bond acceptors (Lipinski definition) is 4. The molecular weight excluding hydrogens is 292 g/mol. The number of carbonyl (C=O) groups excluding carboxylic acids is 1. The number of amides is 1. The van der Waals surface area contributed by atoms with Gasteiger partial charge in [0.1, 0.15) is 12.7 Å². The summed E-state index contributed by atoms with van der Waals surface area (Å²) < 4.78 is 1.74. The quantitative estimate of drug-likeness (QED) is 0.763. The van der Waals surface area contributed by atoms with Crippen LogP contribution in [-0.4, -0.2) is 36.9 Å². The van der Waals surface area contributed by atoms with E-state index in [0.29, 0.717) is 5.56 Å². The van der Waals surface area contributed by atoms with E-state index in [1.54, 1.807) is 17.2 Å². The first-order valence-electron chi connectivity index (χ1n) is 7.57. The average Bonchev–Trinajstić information content (AvgIpc) is 3.26. The topological polar surface area (TPSA) is 88.5 Å². The van der Waals surface area contributed by atoms with Crippen molar-refractivity contribution >= 4 is 5.91 Å². The Bertz CT molecular complexity index is 823. The highest BCUT2D eigenvalue weighted by Gasteiger charge is 2.23. The van der Waals surface area contributed by atoms with Gasteiger partial charge in [-0.3, -0.25) is 14.5 Å². The second-order valence-corrected chi connectivity index (χ2v) is 5.67. The van der Waals surface area contributed by atoms with Crippen LogP contribution in [0.25, 0.3) is 5.69 Å². The number of para-hydroxylation sites is 1. The van der Waals surface area contributed by atoms with Crippen molar-refractivity contribution in [3.8, 4) is 5.69 Å². The summed E-state index contributed by atoms with van der Waals surface area (Å²) in [5, 5.41) is 17.8. The van der Waals surface area contributed by atoms with Gasteiger partial charge in [-0.05, 0) is 30.5 Å². The maximum Gasteiger partial charge on any atom is 0.253 e. The minimum Gasteiger partial charge on any atom is -0.349 e. The number of hydrogen-bond donors (Lipinski definition) is 2. The Morgan fingerprint density at radius 2 is 2.09 bits per heavy atom. The lowest BCUT2D eigenvalue weighted by Gasteiger charge is -2.23. The standard InChI is InChI=1S/C16H16N6O/c23-16(20-12-6-5-11-8-17-21-14(11)7-12)13-3-1-2-4-15(13)22-9-18-19-10-22/h1-4,8-10,12H,5-7H2,(H,17,21)(H,20,23)/t12-/m0/s1. The fourth-order valence-electron chi connectivity index (χ4n) is 3.01. The first-order valence-corrected chi connectivity index (χ1v) is 7.57. The number of benzene rings is 1. The first-order chi connectivity index (χ1) is 11.3. The molecule has 23 heavy (non-hydrogen) atoms. The molecule has 1 amide bonds.